The highest BCUT2D eigenvalue weighted by molar-refractivity contribution is 7.14. The predicted molar refractivity (Wildman–Crippen MR) is 77.2 cm³/mol. The highest BCUT2D eigenvalue weighted by Crippen LogP contribution is 2.33. The zero-order valence-electron chi connectivity index (χ0n) is 10.4. The normalized spacial score (nSPS) is 12.9. The van der Waals surface area contributed by atoms with Gasteiger partial charge in [-0.1, -0.05) is 35.9 Å². The van der Waals surface area contributed by atoms with E-state index in [0.29, 0.717) is 4.34 Å². The number of hydrogen-bond acceptors (Lipinski definition) is 3. The van der Waals surface area contributed by atoms with E-state index in [1.165, 1.54) is 11.3 Å². The summed E-state index contributed by atoms with van der Waals surface area (Å²) in [4.78, 5) is 2.08. The Kier molecular flexibility index (Phi) is 4.40. The van der Waals surface area contributed by atoms with E-state index in [1.807, 2.05) is 49.8 Å². The van der Waals surface area contributed by atoms with Gasteiger partial charge in [0, 0.05) is 12.1 Å². The first-order chi connectivity index (χ1) is 8.59. The van der Waals surface area contributed by atoms with Gasteiger partial charge in [0.2, 0.25) is 0 Å². The van der Waals surface area contributed by atoms with E-state index in [4.69, 9.17) is 11.6 Å². The molecule has 1 aromatic heterocycles. The molecule has 0 saturated heterocycles. The lowest BCUT2D eigenvalue weighted by atomic mass is 9.98. The lowest BCUT2D eigenvalue weighted by molar-refractivity contribution is 0.218. The Labute approximate surface area is 116 Å². The van der Waals surface area contributed by atoms with Gasteiger partial charge in [0.05, 0.1) is 4.34 Å². The van der Waals surface area contributed by atoms with E-state index in [1.54, 1.807) is 0 Å². The first-order valence-electron chi connectivity index (χ1n) is 5.73. The number of benzene rings is 1. The van der Waals surface area contributed by atoms with Crippen LogP contribution in [0.1, 0.15) is 22.8 Å². The summed E-state index contributed by atoms with van der Waals surface area (Å²) in [6.45, 7) is 0.801. The maximum absolute atomic E-state index is 10.5. The molecule has 1 atom stereocenters. The average molecular weight is 282 g/mol. The lowest BCUT2D eigenvalue weighted by Gasteiger charge is -2.18. The zero-order chi connectivity index (χ0) is 13.1. The zero-order valence-corrected chi connectivity index (χ0v) is 12.0. The standard InChI is InChI=1S/C14H16ClNOS/c1-16(2)9-10-5-3-4-6-11(10)13(17)12-7-8-18-14(12)15/h3-8,13,17H,9H2,1-2H3. The number of rotatable bonds is 4. The Balaban J connectivity index is 2.36. The van der Waals surface area contributed by atoms with Crippen LogP contribution in [0.3, 0.4) is 0 Å². The van der Waals surface area contributed by atoms with Crippen molar-refractivity contribution < 1.29 is 5.11 Å². The summed E-state index contributed by atoms with van der Waals surface area (Å²) in [5.41, 5.74) is 2.83. The van der Waals surface area contributed by atoms with Gasteiger partial charge in [-0.25, -0.2) is 0 Å². The second-order valence-electron chi connectivity index (χ2n) is 4.49. The molecule has 0 bridgehead atoms. The van der Waals surface area contributed by atoms with Gasteiger partial charge in [-0.05, 0) is 36.7 Å². The lowest BCUT2D eigenvalue weighted by Crippen LogP contribution is -2.14. The van der Waals surface area contributed by atoms with Crippen LogP contribution in [0, 0.1) is 0 Å². The number of aliphatic hydroxyl groups excluding tert-OH is 1. The molecule has 0 aliphatic rings. The molecule has 18 heavy (non-hydrogen) atoms. The molecule has 0 aliphatic heterocycles. The summed E-state index contributed by atoms with van der Waals surface area (Å²) in [6.07, 6.45) is -0.653. The van der Waals surface area contributed by atoms with Crippen molar-refractivity contribution in [3.63, 3.8) is 0 Å². The molecule has 2 aromatic rings. The van der Waals surface area contributed by atoms with Crippen LogP contribution in [0.25, 0.3) is 0 Å². The quantitative estimate of drug-likeness (QED) is 0.926. The second-order valence-corrected chi connectivity index (χ2v) is 6.01. The van der Waals surface area contributed by atoms with Crippen molar-refractivity contribution in [1.82, 2.24) is 4.90 Å². The maximum Gasteiger partial charge on any atom is 0.107 e. The number of aliphatic hydroxyl groups is 1. The molecule has 0 radical (unpaired) electrons. The van der Waals surface area contributed by atoms with Crippen LogP contribution in [0.2, 0.25) is 4.34 Å². The SMILES string of the molecule is CN(C)Cc1ccccc1C(O)c1ccsc1Cl. The Morgan fingerprint density at radius 1 is 1.22 bits per heavy atom. The van der Waals surface area contributed by atoms with Crippen molar-refractivity contribution in [2.24, 2.45) is 0 Å². The fourth-order valence-electron chi connectivity index (χ4n) is 1.95. The minimum absolute atomic E-state index is 0.653. The third-order valence-corrected chi connectivity index (χ3v) is 3.98. The molecule has 1 unspecified atom stereocenters. The molecule has 0 aliphatic carbocycles. The van der Waals surface area contributed by atoms with Crippen LogP contribution in [-0.4, -0.2) is 24.1 Å². The molecule has 4 heteroatoms. The molecule has 0 saturated carbocycles. The van der Waals surface area contributed by atoms with Crippen LogP contribution >= 0.6 is 22.9 Å². The van der Waals surface area contributed by atoms with Gasteiger partial charge in [-0.3, -0.25) is 0 Å². The van der Waals surface area contributed by atoms with Crippen LogP contribution in [0.15, 0.2) is 35.7 Å². The van der Waals surface area contributed by atoms with Gasteiger partial charge in [0.25, 0.3) is 0 Å². The van der Waals surface area contributed by atoms with E-state index >= 15 is 0 Å². The van der Waals surface area contributed by atoms with Crippen LogP contribution in [0.4, 0.5) is 0 Å². The molecule has 1 N–H and O–H groups in total. The molecular weight excluding hydrogens is 266 g/mol. The Morgan fingerprint density at radius 2 is 1.94 bits per heavy atom. The van der Waals surface area contributed by atoms with Crippen molar-refractivity contribution in [2.75, 3.05) is 14.1 Å². The minimum atomic E-state index is -0.653. The molecule has 96 valence electrons. The molecular formula is C14H16ClNOS. The second kappa shape index (κ2) is 5.85. The topological polar surface area (TPSA) is 23.5 Å². The summed E-state index contributed by atoms with van der Waals surface area (Å²) in [5, 5.41) is 12.4. The Bertz CT molecular complexity index is 524. The monoisotopic (exact) mass is 281 g/mol. The van der Waals surface area contributed by atoms with Crippen molar-refractivity contribution in [1.29, 1.82) is 0 Å². The molecule has 1 heterocycles. The molecule has 2 rings (SSSR count). The van der Waals surface area contributed by atoms with E-state index in [9.17, 15) is 5.11 Å². The summed E-state index contributed by atoms with van der Waals surface area (Å²) in [6, 6.07) is 9.81. The summed E-state index contributed by atoms with van der Waals surface area (Å²) >= 11 is 7.53. The fourth-order valence-corrected chi connectivity index (χ4v) is 2.92. The minimum Gasteiger partial charge on any atom is -0.384 e. The number of halogens is 1. The fraction of sp³-hybridized carbons (Fsp3) is 0.286. The number of nitrogens with zero attached hydrogens (tertiary/aromatic N) is 1. The van der Waals surface area contributed by atoms with Crippen LogP contribution in [0.5, 0.6) is 0 Å². The van der Waals surface area contributed by atoms with Gasteiger partial charge in [0.1, 0.15) is 6.10 Å². The van der Waals surface area contributed by atoms with Gasteiger partial charge in [0.15, 0.2) is 0 Å². The predicted octanol–water partition coefficient (Wildman–Crippen LogP) is 3.54. The van der Waals surface area contributed by atoms with Gasteiger partial charge < -0.3 is 10.0 Å². The van der Waals surface area contributed by atoms with Gasteiger partial charge >= 0.3 is 0 Å². The Morgan fingerprint density at radius 3 is 2.56 bits per heavy atom. The average Bonchev–Trinajstić information content (AvgIpc) is 2.74. The smallest absolute Gasteiger partial charge is 0.107 e. The summed E-state index contributed by atoms with van der Waals surface area (Å²) in [5.74, 6) is 0. The van der Waals surface area contributed by atoms with Crippen molar-refractivity contribution in [3.8, 4) is 0 Å². The van der Waals surface area contributed by atoms with Crippen LogP contribution < -0.4 is 0 Å². The van der Waals surface area contributed by atoms with E-state index in [2.05, 4.69) is 4.90 Å². The molecule has 0 spiro atoms. The molecule has 0 amide bonds. The van der Waals surface area contributed by atoms with Gasteiger partial charge in [-0.2, -0.15) is 0 Å². The van der Waals surface area contributed by atoms with Crippen molar-refractivity contribution in [2.45, 2.75) is 12.6 Å². The Hall–Kier alpha value is -0.870. The van der Waals surface area contributed by atoms with Crippen LogP contribution in [-0.2, 0) is 6.54 Å². The third kappa shape index (κ3) is 2.93. The number of thiophene rings is 1. The molecule has 2 nitrogen and oxygen atoms in total. The van der Waals surface area contributed by atoms with Crippen molar-refractivity contribution >= 4 is 22.9 Å². The summed E-state index contributed by atoms with van der Waals surface area (Å²) < 4.78 is 0.655. The molecule has 1 aromatic carbocycles. The van der Waals surface area contributed by atoms with E-state index in [-0.39, 0.29) is 0 Å². The largest absolute Gasteiger partial charge is 0.384 e. The highest BCUT2D eigenvalue weighted by Gasteiger charge is 2.17. The third-order valence-electron chi connectivity index (χ3n) is 2.78. The molecule has 0 fully saturated rings. The first kappa shape index (κ1) is 13.6. The first-order valence-corrected chi connectivity index (χ1v) is 6.99. The van der Waals surface area contributed by atoms with Gasteiger partial charge in [-0.15, -0.1) is 11.3 Å². The maximum atomic E-state index is 10.5. The van der Waals surface area contributed by atoms with E-state index < -0.39 is 6.10 Å². The van der Waals surface area contributed by atoms with Crippen molar-refractivity contribution in [3.05, 3.63) is 56.7 Å². The van der Waals surface area contributed by atoms with E-state index in [0.717, 1.165) is 23.2 Å². The number of hydrogen-bond donors (Lipinski definition) is 1. The highest BCUT2D eigenvalue weighted by atomic mass is 35.5. The summed E-state index contributed by atoms with van der Waals surface area (Å²) in [7, 11) is 4.03.